The van der Waals surface area contributed by atoms with Crippen molar-refractivity contribution in [1.82, 2.24) is 14.5 Å². The van der Waals surface area contributed by atoms with E-state index in [0.29, 0.717) is 19.0 Å². The van der Waals surface area contributed by atoms with E-state index in [4.69, 9.17) is 4.74 Å². The van der Waals surface area contributed by atoms with E-state index in [1.165, 1.54) is 4.57 Å². The highest BCUT2D eigenvalue weighted by Crippen LogP contribution is 2.17. The molecule has 1 saturated heterocycles. The van der Waals surface area contributed by atoms with Gasteiger partial charge in [0.25, 0.3) is 11.5 Å². The molecule has 0 bridgehead atoms. The molecule has 6 heteroatoms. The second-order valence-corrected chi connectivity index (χ2v) is 4.96. The molecule has 108 valence electrons. The molecule has 1 fully saturated rings. The quantitative estimate of drug-likeness (QED) is 0.832. The molecule has 1 aliphatic rings. The molecule has 21 heavy (non-hydrogen) atoms. The Balaban J connectivity index is 1.62. The van der Waals surface area contributed by atoms with Crippen LogP contribution in [0.1, 0.15) is 10.4 Å². The Morgan fingerprint density at radius 1 is 1.29 bits per heavy atom. The molecule has 0 radical (unpaired) electrons. The van der Waals surface area contributed by atoms with Gasteiger partial charge in [0, 0.05) is 25.5 Å². The Labute approximate surface area is 121 Å². The zero-order chi connectivity index (χ0) is 14.8. The fourth-order valence-electron chi connectivity index (χ4n) is 2.20. The zero-order valence-electron chi connectivity index (χ0n) is 11.6. The fraction of sp³-hybridized carbons (Fsp3) is 0.267. The van der Waals surface area contributed by atoms with Crippen LogP contribution < -0.4 is 10.3 Å². The Kier molecular flexibility index (Phi) is 3.43. The number of aromatic nitrogens is 2. The maximum absolute atomic E-state index is 12.2. The van der Waals surface area contributed by atoms with Crippen molar-refractivity contribution in [3.8, 4) is 5.88 Å². The number of pyridine rings is 2. The highest BCUT2D eigenvalue weighted by atomic mass is 16.5. The van der Waals surface area contributed by atoms with Gasteiger partial charge in [0.15, 0.2) is 0 Å². The number of nitrogens with zero attached hydrogens (tertiary/aromatic N) is 3. The van der Waals surface area contributed by atoms with Crippen LogP contribution in [0.25, 0.3) is 0 Å². The molecule has 0 atom stereocenters. The van der Waals surface area contributed by atoms with Crippen LogP contribution in [0.2, 0.25) is 0 Å². The van der Waals surface area contributed by atoms with Crippen LogP contribution in [-0.2, 0) is 7.05 Å². The molecule has 0 aliphatic carbocycles. The van der Waals surface area contributed by atoms with Crippen molar-refractivity contribution in [2.75, 3.05) is 13.1 Å². The van der Waals surface area contributed by atoms with Crippen molar-refractivity contribution in [2.45, 2.75) is 6.10 Å². The van der Waals surface area contributed by atoms with Crippen molar-refractivity contribution >= 4 is 5.91 Å². The zero-order valence-corrected chi connectivity index (χ0v) is 11.6. The lowest BCUT2D eigenvalue weighted by molar-refractivity contribution is 0.0158. The van der Waals surface area contributed by atoms with Gasteiger partial charge < -0.3 is 14.2 Å². The lowest BCUT2D eigenvalue weighted by Crippen LogP contribution is -2.57. The number of ether oxygens (including phenoxy) is 1. The predicted octanol–water partition coefficient (Wildman–Crippen LogP) is 0.684. The van der Waals surface area contributed by atoms with Gasteiger partial charge in [-0.1, -0.05) is 6.07 Å². The second-order valence-electron chi connectivity index (χ2n) is 4.96. The summed E-state index contributed by atoms with van der Waals surface area (Å²) >= 11 is 0. The van der Waals surface area contributed by atoms with Gasteiger partial charge in [0.1, 0.15) is 11.7 Å². The van der Waals surface area contributed by atoms with Gasteiger partial charge in [0.2, 0.25) is 5.88 Å². The summed E-state index contributed by atoms with van der Waals surface area (Å²) in [7, 11) is 1.63. The van der Waals surface area contributed by atoms with Gasteiger partial charge in [-0.3, -0.25) is 9.59 Å². The van der Waals surface area contributed by atoms with Gasteiger partial charge in [-0.25, -0.2) is 4.98 Å². The Morgan fingerprint density at radius 2 is 2.10 bits per heavy atom. The summed E-state index contributed by atoms with van der Waals surface area (Å²) in [6.45, 7) is 0.931. The first kappa shape index (κ1) is 13.4. The second kappa shape index (κ2) is 5.40. The Morgan fingerprint density at radius 3 is 2.81 bits per heavy atom. The largest absolute Gasteiger partial charge is 0.471 e. The summed E-state index contributed by atoms with van der Waals surface area (Å²) in [6.07, 6.45) is 3.21. The normalized spacial score (nSPS) is 14.6. The average Bonchev–Trinajstić information content (AvgIpc) is 2.46. The molecule has 3 heterocycles. The number of rotatable bonds is 3. The number of amides is 1. The van der Waals surface area contributed by atoms with E-state index in [-0.39, 0.29) is 23.1 Å². The molecule has 1 amide bonds. The SMILES string of the molecule is Cn1cccc(C(=O)N2CC(Oc3ccccn3)C2)c1=O. The third kappa shape index (κ3) is 2.65. The number of hydrogen-bond donors (Lipinski definition) is 0. The number of carbonyl (C=O) groups is 1. The van der Waals surface area contributed by atoms with Crippen molar-refractivity contribution in [3.63, 3.8) is 0 Å². The maximum Gasteiger partial charge on any atom is 0.263 e. The van der Waals surface area contributed by atoms with Crippen LogP contribution in [0.5, 0.6) is 5.88 Å². The first-order valence-electron chi connectivity index (χ1n) is 6.68. The number of likely N-dealkylation sites (tertiary alicyclic amines) is 1. The summed E-state index contributed by atoms with van der Waals surface area (Å²) in [6, 6.07) is 8.68. The lowest BCUT2D eigenvalue weighted by Gasteiger charge is -2.38. The number of aryl methyl sites for hydroxylation is 1. The number of carbonyl (C=O) groups excluding carboxylic acids is 1. The van der Waals surface area contributed by atoms with E-state index in [2.05, 4.69) is 4.98 Å². The molecule has 6 nitrogen and oxygen atoms in total. The van der Waals surface area contributed by atoms with Crippen molar-refractivity contribution in [2.24, 2.45) is 7.05 Å². The molecule has 0 N–H and O–H groups in total. The van der Waals surface area contributed by atoms with Crippen LogP contribution in [0.3, 0.4) is 0 Å². The van der Waals surface area contributed by atoms with E-state index in [1.807, 2.05) is 12.1 Å². The first-order valence-corrected chi connectivity index (χ1v) is 6.68. The van der Waals surface area contributed by atoms with Crippen molar-refractivity contribution in [1.29, 1.82) is 0 Å². The minimum absolute atomic E-state index is 0.0728. The molecule has 2 aromatic rings. The molecular formula is C15H15N3O3. The van der Waals surface area contributed by atoms with Gasteiger partial charge in [-0.2, -0.15) is 0 Å². The van der Waals surface area contributed by atoms with E-state index in [9.17, 15) is 9.59 Å². The summed E-state index contributed by atoms with van der Waals surface area (Å²) in [5.41, 5.74) is -0.0899. The van der Waals surface area contributed by atoms with Crippen LogP contribution in [0.15, 0.2) is 47.5 Å². The molecule has 0 spiro atoms. The summed E-state index contributed by atoms with van der Waals surface area (Å²) < 4.78 is 7.03. The van der Waals surface area contributed by atoms with Gasteiger partial charge >= 0.3 is 0 Å². The topological polar surface area (TPSA) is 64.4 Å². The molecule has 0 unspecified atom stereocenters. The lowest BCUT2D eigenvalue weighted by atomic mass is 10.1. The number of hydrogen-bond acceptors (Lipinski definition) is 4. The highest BCUT2D eigenvalue weighted by Gasteiger charge is 2.34. The van der Waals surface area contributed by atoms with Gasteiger partial charge in [-0.05, 0) is 18.2 Å². The molecule has 2 aromatic heterocycles. The molecule has 0 aromatic carbocycles. The van der Waals surface area contributed by atoms with Crippen molar-refractivity contribution < 1.29 is 9.53 Å². The average molecular weight is 285 g/mol. The van der Waals surface area contributed by atoms with E-state index >= 15 is 0 Å². The Hall–Kier alpha value is -2.63. The summed E-state index contributed by atoms with van der Waals surface area (Å²) in [5, 5.41) is 0. The minimum Gasteiger partial charge on any atom is -0.471 e. The van der Waals surface area contributed by atoms with E-state index in [1.54, 1.807) is 42.5 Å². The third-order valence-corrected chi connectivity index (χ3v) is 3.41. The molecular weight excluding hydrogens is 270 g/mol. The monoisotopic (exact) mass is 285 g/mol. The molecule has 0 saturated carbocycles. The minimum atomic E-state index is -0.281. The van der Waals surface area contributed by atoms with Crippen molar-refractivity contribution in [3.05, 3.63) is 58.6 Å². The molecule has 1 aliphatic heterocycles. The van der Waals surface area contributed by atoms with E-state index < -0.39 is 0 Å². The summed E-state index contributed by atoms with van der Waals surface area (Å²) in [4.78, 5) is 29.8. The fourth-order valence-corrected chi connectivity index (χ4v) is 2.20. The maximum atomic E-state index is 12.2. The van der Waals surface area contributed by atoms with Crippen LogP contribution in [0.4, 0.5) is 0 Å². The Bertz CT molecular complexity index is 706. The standard InChI is InChI=1S/C15H15N3O3/c1-17-8-4-5-12(14(17)19)15(20)18-9-11(10-18)21-13-6-2-3-7-16-13/h2-8,11H,9-10H2,1H3. The predicted molar refractivity (Wildman–Crippen MR) is 76.2 cm³/mol. The highest BCUT2D eigenvalue weighted by molar-refractivity contribution is 5.94. The van der Waals surface area contributed by atoms with Gasteiger partial charge in [0.05, 0.1) is 13.1 Å². The molecule has 3 rings (SSSR count). The van der Waals surface area contributed by atoms with Crippen LogP contribution >= 0.6 is 0 Å². The van der Waals surface area contributed by atoms with Crippen LogP contribution in [-0.4, -0.2) is 39.6 Å². The van der Waals surface area contributed by atoms with Crippen LogP contribution in [0, 0.1) is 0 Å². The third-order valence-electron chi connectivity index (χ3n) is 3.41. The van der Waals surface area contributed by atoms with E-state index in [0.717, 1.165) is 0 Å². The smallest absolute Gasteiger partial charge is 0.263 e. The first-order chi connectivity index (χ1) is 10.1. The summed E-state index contributed by atoms with van der Waals surface area (Å²) in [5.74, 6) is 0.294. The van der Waals surface area contributed by atoms with Gasteiger partial charge in [-0.15, -0.1) is 0 Å².